The first-order valence-electron chi connectivity index (χ1n) is 2.44. The van der Waals surface area contributed by atoms with Crippen molar-refractivity contribution in [3.8, 4) is 0 Å². The van der Waals surface area contributed by atoms with Gasteiger partial charge in [-0.15, -0.1) is 0 Å². The molecule has 0 aromatic carbocycles. The van der Waals surface area contributed by atoms with E-state index in [2.05, 4.69) is 31.8 Å². The minimum atomic E-state index is 0.333. The van der Waals surface area contributed by atoms with Crippen molar-refractivity contribution in [2.24, 2.45) is 0 Å². The van der Waals surface area contributed by atoms with Gasteiger partial charge in [0, 0.05) is 5.25 Å². The normalized spacial score (nSPS) is 13.4. The van der Waals surface area contributed by atoms with E-state index in [1.54, 1.807) is 5.37 Å². The highest BCUT2D eigenvalue weighted by Gasteiger charge is 1.91. The predicted octanol–water partition coefficient (Wildman–Crippen LogP) is 2.08. The van der Waals surface area contributed by atoms with Gasteiger partial charge in [-0.2, -0.15) is 12.6 Å². The molecule has 0 heterocycles. The molecular weight excluding hydrogens is 124 g/mol. The highest BCUT2D eigenvalue weighted by atomic mass is 32.1. The van der Waals surface area contributed by atoms with Crippen LogP contribution in [-0.2, 0) is 0 Å². The van der Waals surface area contributed by atoms with Gasteiger partial charge in [0.25, 0.3) is 0 Å². The van der Waals surface area contributed by atoms with Crippen LogP contribution >= 0.6 is 24.8 Å². The SMILES string of the molecule is CCC[C@@H](S)C=S. The number of hydrogen-bond donors (Lipinski definition) is 1. The molecule has 0 spiro atoms. The molecule has 0 aliphatic heterocycles. The molecule has 0 amide bonds. The number of thiol groups is 1. The molecule has 0 nitrogen and oxygen atoms in total. The summed E-state index contributed by atoms with van der Waals surface area (Å²) in [6.45, 7) is 2.13. The van der Waals surface area contributed by atoms with Crippen molar-refractivity contribution in [3.63, 3.8) is 0 Å². The summed E-state index contributed by atoms with van der Waals surface area (Å²) in [6, 6.07) is 0. The van der Waals surface area contributed by atoms with Crippen LogP contribution in [0.2, 0.25) is 0 Å². The molecule has 0 aliphatic rings. The molecule has 0 radical (unpaired) electrons. The fourth-order valence-electron chi connectivity index (χ4n) is 0.364. The van der Waals surface area contributed by atoms with E-state index in [1.807, 2.05) is 0 Å². The topological polar surface area (TPSA) is 0 Å². The van der Waals surface area contributed by atoms with Crippen molar-refractivity contribution in [3.05, 3.63) is 0 Å². The monoisotopic (exact) mass is 134 g/mol. The zero-order chi connectivity index (χ0) is 5.70. The van der Waals surface area contributed by atoms with Gasteiger partial charge in [-0.1, -0.05) is 25.6 Å². The van der Waals surface area contributed by atoms with E-state index in [0.29, 0.717) is 5.25 Å². The lowest BCUT2D eigenvalue weighted by Crippen LogP contribution is -1.95. The Hall–Kier alpha value is 0.440. The van der Waals surface area contributed by atoms with Gasteiger partial charge in [0.05, 0.1) is 0 Å². The third-order valence-corrected chi connectivity index (χ3v) is 1.68. The molecule has 0 fully saturated rings. The summed E-state index contributed by atoms with van der Waals surface area (Å²) in [4.78, 5) is 0. The molecular formula is C5H10S2. The second-order valence-electron chi connectivity index (χ2n) is 1.49. The quantitative estimate of drug-likeness (QED) is 0.455. The Morgan fingerprint density at radius 3 is 2.57 bits per heavy atom. The predicted molar refractivity (Wildman–Crippen MR) is 41.3 cm³/mol. The molecule has 0 saturated heterocycles. The molecule has 0 aromatic rings. The van der Waals surface area contributed by atoms with Gasteiger partial charge >= 0.3 is 0 Å². The highest BCUT2D eigenvalue weighted by molar-refractivity contribution is 7.85. The summed E-state index contributed by atoms with van der Waals surface area (Å²) in [5.74, 6) is 0. The lowest BCUT2D eigenvalue weighted by Gasteiger charge is -1.96. The Bertz CT molecular complexity index is 52.0. The third kappa shape index (κ3) is 4.29. The van der Waals surface area contributed by atoms with Gasteiger partial charge < -0.3 is 0 Å². The summed E-state index contributed by atoms with van der Waals surface area (Å²) in [6.07, 6.45) is 2.27. The first kappa shape index (κ1) is 7.44. The summed E-state index contributed by atoms with van der Waals surface area (Å²) >= 11 is 8.79. The van der Waals surface area contributed by atoms with Crippen LogP contribution in [0, 0.1) is 0 Å². The summed E-state index contributed by atoms with van der Waals surface area (Å²) in [5.41, 5.74) is 0. The molecule has 0 bridgehead atoms. The summed E-state index contributed by atoms with van der Waals surface area (Å²) in [5, 5.41) is 2.03. The van der Waals surface area contributed by atoms with Crippen LogP contribution in [-0.4, -0.2) is 10.6 Å². The minimum absolute atomic E-state index is 0.333. The molecule has 1 atom stereocenters. The molecule has 0 rings (SSSR count). The van der Waals surface area contributed by atoms with Crippen molar-refractivity contribution >= 4 is 30.2 Å². The van der Waals surface area contributed by atoms with Crippen molar-refractivity contribution in [2.75, 3.05) is 0 Å². The summed E-state index contributed by atoms with van der Waals surface area (Å²) < 4.78 is 0. The highest BCUT2D eigenvalue weighted by Crippen LogP contribution is 1.99. The van der Waals surface area contributed by atoms with Crippen molar-refractivity contribution in [1.82, 2.24) is 0 Å². The van der Waals surface area contributed by atoms with Crippen molar-refractivity contribution in [1.29, 1.82) is 0 Å². The van der Waals surface area contributed by atoms with E-state index in [4.69, 9.17) is 0 Å². The fraction of sp³-hybridized carbons (Fsp3) is 0.800. The molecule has 0 aromatic heterocycles. The summed E-state index contributed by atoms with van der Waals surface area (Å²) in [7, 11) is 0. The van der Waals surface area contributed by atoms with Crippen molar-refractivity contribution < 1.29 is 0 Å². The van der Waals surface area contributed by atoms with E-state index in [1.165, 1.54) is 6.42 Å². The number of hydrogen-bond acceptors (Lipinski definition) is 2. The van der Waals surface area contributed by atoms with E-state index in [-0.39, 0.29) is 0 Å². The largest absolute Gasteiger partial charge is 0.171 e. The van der Waals surface area contributed by atoms with Crippen LogP contribution in [0.5, 0.6) is 0 Å². The number of rotatable bonds is 3. The van der Waals surface area contributed by atoms with Gasteiger partial charge in [-0.05, 0) is 11.8 Å². The van der Waals surface area contributed by atoms with Gasteiger partial charge in [-0.3, -0.25) is 0 Å². The van der Waals surface area contributed by atoms with E-state index >= 15 is 0 Å². The first-order valence-corrected chi connectivity index (χ1v) is 3.43. The van der Waals surface area contributed by atoms with Gasteiger partial charge in [-0.25, -0.2) is 0 Å². The average molecular weight is 134 g/mol. The first-order chi connectivity index (χ1) is 3.31. The molecule has 0 saturated carbocycles. The molecule has 0 unspecified atom stereocenters. The zero-order valence-corrected chi connectivity index (χ0v) is 6.14. The lowest BCUT2D eigenvalue weighted by atomic mass is 10.3. The van der Waals surface area contributed by atoms with Crippen LogP contribution in [0.25, 0.3) is 0 Å². The maximum Gasteiger partial charge on any atom is 0.0300 e. The van der Waals surface area contributed by atoms with Crippen LogP contribution in [0.15, 0.2) is 0 Å². The Morgan fingerprint density at radius 2 is 2.43 bits per heavy atom. The molecule has 2 heteroatoms. The second-order valence-corrected chi connectivity index (χ2v) is 2.43. The average Bonchev–Trinajstić information content (AvgIpc) is 1.68. The van der Waals surface area contributed by atoms with E-state index in [9.17, 15) is 0 Å². The Morgan fingerprint density at radius 1 is 1.86 bits per heavy atom. The zero-order valence-electron chi connectivity index (χ0n) is 4.42. The van der Waals surface area contributed by atoms with E-state index in [0.717, 1.165) is 6.42 Å². The molecule has 0 N–H and O–H groups in total. The fourth-order valence-corrected chi connectivity index (χ4v) is 0.758. The Balaban J connectivity index is 2.98. The number of thiocarbonyl (C=S) groups is 1. The van der Waals surface area contributed by atoms with Crippen molar-refractivity contribution in [2.45, 2.75) is 25.0 Å². The smallest absolute Gasteiger partial charge is 0.0300 e. The molecule has 42 valence electrons. The van der Waals surface area contributed by atoms with Gasteiger partial charge in [0.1, 0.15) is 0 Å². The van der Waals surface area contributed by atoms with Gasteiger partial charge in [0.2, 0.25) is 0 Å². The standard InChI is InChI=1S/C5H10S2/c1-2-3-5(7)4-6/h4-5,7H,2-3H2,1H3/t5-/m1/s1. The Kier molecular flexibility index (Phi) is 4.88. The Labute approximate surface area is 55.7 Å². The van der Waals surface area contributed by atoms with Crippen LogP contribution in [0.3, 0.4) is 0 Å². The third-order valence-electron chi connectivity index (χ3n) is 0.742. The van der Waals surface area contributed by atoms with Gasteiger partial charge in [0.15, 0.2) is 0 Å². The van der Waals surface area contributed by atoms with E-state index < -0.39 is 0 Å². The second kappa shape index (κ2) is 4.60. The molecule has 7 heavy (non-hydrogen) atoms. The maximum absolute atomic E-state index is 4.64. The van der Waals surface area contributed by atoms with Crippen LogP contribution in [0.4, 0.5) is 0 Å². The molecule has 0 aliphatic carbocycles. The minimum Gasteiger partial charge on any atom is -0.171 e. The van der Waals surface area contributed by atoms with Crippen LogP contribution < -0.4 is 0 Å². The maximum atomic E-state index is 4.64. The lowest BCUT2D eigenvalue weighted by molar-refractivity contribution is 0.860. The van der Waals surface area contributed by atoms with Crippen LogP contribution in [0.1, 0.15) is 19.8 Å².